The molecule has 3 rings (SSSR count). The van der Waals surface area contributed by atoms with E-state index in [2.05, 4.69) is 59.1 Å². The van der Waals surface area contributed by atoms with Gasteiger partial charge in [-0.05, 0) is 49.7 Å². The predicted octanol–water partition coefficient (Wildman–Crippen LogP) is 2.83. The van der Waals surface area contributed by atoms with Crippen LogP contribution in [0.4, 0.5) is 5.69 Å². The summed E-state index contributed by atoms with van der Waals surface area (Å²) >= 11 is 0. The number of nitrogens with one attached hydrogen (secondary N) is 1. The molecule has 0 saturated heterocycles. The van der Waals surface area contributed by atoms with Crippen LogP contribution in [0.5, 0.6) is 0 Å². The highest BCUT2D eigenvalue weighted by molar-refractivity contribution is 5.49. The molecule has 2 heterocycles. The van der Waals surface area contributed by atoms with E-state index in [-0.39, 0.29) is 0 Å². The second-order valence-corrected chi connectivity index (χ2v) is 5.20. The van der Waals surface area contributed by atoms with E-state index in [4.69, 9.17) is 0 Å². The first-order chi connectivity index (χ1) is 10.1. The van der Waals surface area contributed by atoms with Gasteiger partial charge in [0.1, 0.15) is 12.7 Å². The minimum absolute atomic E-state index is 0.830. The molecule has 0 fully saturated rings. The van der Waals surface area contributed by atoms with Crippen LogP contribution >= 0.6 is 0 Å². The molecule has 3 aromatic rings. The molecule has 0 aliphatic carbocycles. The lowest BCUT2D eigenvalue weighted by Gasteiger charge is -2.08. The second kappa shape index (κ2) is 5.44. The summed E-state index contributed by atoms with van der Waals surface area (Å²) in [6, 6.07) is 10.4. The van der Waals surface area contributed by atoms with Crippen LogP contribution in [-0.2, 0) is 13.6 Å². The maximum absolute atomic E-state index is 4.12. The first-order valence-electron chi connectivity index (χ1n) is 6.96. The Bertz CT molecular complexity index is 723. The molecule has 0 aliphatic rings. The van der Waals surface area contributed by atoms with Crippen LogP contribution in [0.3, 0.4) is 0 Å². The van der Waals surface area contributed by atoms with Crippen molar-refractivity contribution in [2.24, 2.45) is 7.05 Å². The Kier molecular flexibility index (Phi) is 3.48. The van der Waals surface area contributed by atoms with Gasteiger partial charge in [0.2, 0.25) is 0 Å². The summed E-state index contributed by atoms with van der Waals surface area (Å²) in [5.41, 5.74) is 6.02. The quantitative estimate of drug-likeness (QED) is 0.800. The van der Waals surface area contributed by atoms with Gasteiger partial charge in [-0.3, -0.25) is 0 Å². The maximum atomic E-state index is 4.12. The number of anilines is 1. The molecule has 0 amide bonds. The summed E-state index contributed by atoms with van der Waals surface area (Å²) in [7, 11) is 2.10. The highest BCUT2D eigenvalue weighted by atomic mass is 15.3. The fourth-order valence-corrected chi connectivity index (χ4v) is 2.38. The molecule has 0 atom stereocenters. The van der Waals surface area contributed by atoms with Crippen molar-refractivity contribution >= 4 is 5.69 Å². The monoisotopic (exact) mass is 281 g/mol. The van der Waals surface area contributed by atoms with Crippen LogP contribution in [0.25, 0.3) is 5.69 Å². The van der Waals surface area contributed by atoms with E-state index in [1.807, 2.05) is 12.1 Å². The third-order valence-corrected chi connectivity index (χ3v) is 3.91. The summed E-state index contributed by atoms with van der Waals surface area (Å²) < 4.78 is 3.96. The van der Waals surface area contributed by atoms with Crippen molar-refractivity contribution in [3.05, 3.63) is 59.9 Å². The minimum Gasteiger partial charge on any atom is -0.381 e. The van der Waals surface area contributed by atoms with Gasteiger partial charge in [-0.25, -0.2) is 9.67 Å². The molecule has 0 unspecified atom stereocenters. The second-order valence-electron chi connectivity index (χ2n) is 5.20. The summed E-state index contributed by atoms with van der Waals surface area (Å²) in [5, 5.41) is 7.57. The van der Waals surface area contributed by atoms with Crippen LogP contribution in [0.1, 0.15) is 17.0 Å². The fraction of sp³-hybridized carbons (Fsp3) is 0.250. The normalized spacial score (nSPS) is 10.8. The van der Waals surface area contributed by atoms with E-state index >= 15 is 0 Å². The van der Waals surface area contributed by atoms with Crippen LogP contribution in [0.2, 0.25) is 0 Å². The predicted molar refractivity (Wildman–Crippen MR) is 83.6 cm³/mol. The molecular weight excluding hydrogens is 262 g/mol. The lowest BCUT2D eigenvalue weighted by atomic mass is 10.2. The summed E-state index contributed by atoms with van der Waals surface area (Å²) in [6.07, 6.45) is 3.23. The Labute approximate surface area is 124 Å². The van der Waals surface area contributed by atoms with E-state index in [0.29, 0.717) is 0 Å². The van der Waals surface area contributed by atoms with Gasteiger partial charge in [-0.15, -0.1) is 0 Å². The molecule has 0 spiro atoms. The maximum Gasteiger partial charge on any atom is 0.138 e. The van der Waals surface area contributed by atoms with E-state index in [0.717, 1.165) is 17.9 Å². The standard InChI is InChI=1S/C16H19N5/c1-12-8-14(13(2)20(12)3)9-18-15-4-6-16(7-5-15)21-11-17-10-19-21/h4-8,10-11,18H,9H2,1-3H3. The Balaban J connectivity index is 1.69. The highest BCUT2D eigenvalue weighted by Crippen LogP contribution is 2.17. The Morgan fingerprint density at radius 1 is 1.14 bits per heavy atom. The third kappa shape index (κ3) is 2.67. The smallest absolute Gasteiger partial charge is 0.138 e. The van der Waals surface area contributed by atoms with E-state index in [9.17, 15) is 0 Å². The molecule has 108 valence electrons. The van der Waals surface area contributed by atoms with Gasteiger partial charge >= 0.3 is 0 Å². The van der Waals surface area contributed by atoms with Crippen molar-refractivity contribution in [3.8, 4) is 5.69 Å². The van der Waals surface area contributed by atoms with Crippen molar-refractivity contribution in [2.45, 2.75) is 20.4 Å². The molecule has 0 saturated carbocycles. The zero-order chi connectivity index (χ0) is 14.8. The SMILES string of the molecule is Cc1cc(CNc2ccc(-n3cncn3)cc2)c(C)n1C. The Hall–Kier alpha value is -2.56. The molecule has 1 N–H and O–H groups in total. The minimum atomic E-state index is 0.830. The molecule has 1 aromatic carbocycles. The molecule has 5 nitrogen and oxygen atoms in total. The number of rotatable bonds is 4. The van der Waals surface area contributed by atoms with Crippen molar-refractivity contribution in [3.63, 3.8) is 0 Å². The van der Waals surface area contributed by atoms with E-state index in [1.54, 1.807) is 11.0 Å². The molecule has 0 radical (unpaired) electrons. The Morgan fingerprint density at radius 2 is 1.90 bits per heavy atom. The van der Waals surface area contributed by atoms with Gasteiger partial charge in [0.15, 0.2) is 0 Å². The van der Waals surface area contributed by atoms with Crippen molar-refractivity contribution < 1.29 is 0 Å². The summed E-state index contributed by atoms with van der Waals surface area (Å²) in [5.74, 6) is 0. The molecule has 5 heteroatoms. The highest BCUT2D eigenvalue weighted by Gasteiger charge is 2.05. The van der Waals surface area contributed by atoms with Gasteiger partial charge in [0, 0.05) is 30.7 Å². The molecule has 0 bridgehead atoms. The lowest BCUT2D eigenvalue weighted by molar-refractivity contribution is 0.837. The van der Waals surface area contributed by atoms with E-state index < -0.39 is 0 Å². The summed E-state index contributed by atoms with van der Waals surface area (Å²) in [4.78, 5) is 3.95. The number of aryl methyl sites for hydroxylation is 1. The van der Waals surface area contributed by atoms with Gasteiger partial charge in [0.05, 0.1) is 5.69 Å². The molecule has 2 aromatic heterocycles. The molecule has 21 heavy (non-hydrogen) atoms. The summed E-state index contributed by atoms with van der Waals surface area (Å²) in [6.45, 7) is 5.11. The van der Waals surface area contributed by atoms with Crippen molar-refractivity contribution in [1.82, 2.24) is 19.3 Å². The van der Waals surface area contributed by atoms with Crippen LogP contribution in [0.15, 0.2) is 43.0 Å². The number of hydrogen-bond donors (Lipinski definition) is 1. The molecule has 0 aliphatic heterocycles. The fourth-order valence-electron chi connectivity index (χ4n) is 2.38. The third-order valence-electron chi connectivity index (χ3n) is 3.91. The van der Waals surface area contributed by atoms with Gasteiger partial charge < -0.3 is 9.88 Å². The number of nitrogens with zero attached hydrogens (tertiary/aromatic N) is 4. The van der Waals surface area contributed by atoms with Gasteiger partial charge in [-0.2, -0.15) is 5.10 Å². The zero-order valence-corrected chi connectivity index (χ0v) is 12.5. The number of aromatic nitrogens is 4. The zero-order valence-electron chi connectivity index (χ0n) is 12.5. The average molecular weight is 281 g/mol. The van der Waals surface area contributed by atoms with Gasteiger partial charge in [-0.1, -0.05) is 0 Å². The average Bonchev–Trinajstić information content (AvgIpc) is 3.11. The van der Waals surface area contributed by atoms with E-state index in [1.165, 1.54) is 23.3 Å². The topological polar surface area (TPSA) is 47.7 Å². The number of hydrogen-bond acceptors (Lipinski definition) is 3. The van der Waals surface area contributed by atoms with Crippen molar-refractivity contribution in [2.75, 3.05) is 5.32 Å². The Morgan fingerprint density at radius 3 is 2.48 bits per heavy atom. The van der Waals surface area contributed by atoms with Crippen LogP contribution in [0, 0.1) is 13.8 Å². The van der Waals surface area contributed by atoms with Crippen molar-refractivity contribution in [1.29, 1.82) is 0 Å². The van der Waals surface area contributed by atoms with Crippen LogP contribution in [-0.4, -0.2) is 19.3 Å². The number of benzene rings is 1. The lowest BCUT2D eigenvalue weighted by Crippen LogP contribution is -2.02. The first-order valence-corrected chi connectivity index (χ1v) is 6.96. The van der Waals surface area contributed by atoms with Crippen LogP contribution < -0.4 is 5.32 Å². The first kappa shape index (κ1) is 13.4. The largest absolute Gasteiger partial charge is 0.381 e. The molecular formula is C16H19N5. The van der Waals surface area contributed by atoms with Gasteiger partial charge in [0.25, 0.3) is 0 Å².